The van der Waals surface area contributed by atoms with Crippen LogP contribution in [0.4, 0.5) is 13.2 Å². The van der Waals surface area contributed by atoms with Crippen LogP contribution in [0.5, 0.6) is 0 Å². The fraction of sp³-hybridized carbons (Fsp3) is 1.00. The maximum Gasteiger partial charge on any atom is 0.401 e. The van der Waals surface area contributed by atoms with Crippen molar-refractivity contribution in [1.82, 2.24) is 10.2 Å². The molecule has 3 atom stereocenters. The molecular formula is C14H25F3N2. The number of hydrogen-bond donors (Lipinski definition) is 1. The summed E-state index contributed by atoms with van der Waals surface area (Å²) in [5.74, 6) is 1.16. The fourth-order valence-corrected chi connectivity index (χ4v) is 3.59. The lowest BCUT2D eigenvalue weighted by atomic mass is 10.00. The summed E-state index contributed by atoms with van der Waals surface area (Å²) < 4.78 is 36.9. The molecule has 5 heteroatoms. The summed E-state index contributed by atoms with van der Waals surface area (Å²) in [5.41, 5.74) is 0. The number of rotatable bonds is 5. The third-order valence-electron chi connectivity index (χ3n) is 4.63. The van der Waals surface area contributed by atoms with Gasteiger partial charge in [-0.15, -0.1) is 0 Å². The van der Waals surface area contributed by atoms with Crippen molar-refractivity contribution < 1.29 is 13.2 Å². The summed E-state index contributed by atoms with van der Waals surface area (Å²) in [6, 6.07) is 0.599. The van der Waals surface area contributed by atoms with E-state index in [0.717, 1.165) is 18.9 Å². The van der Waals surface area contributed by atoms with Crippen LogP contribution in [0.1, 0.15) is 39.0 Å². The minimum atomic E-state index is -4.05. The standard InChI is InChI=1S/C14H25F3N2/c1-2-12-4-3-5-13(12)18-8-11-6-7-19(9-11)10-14(15,16)17/h11-13,18H,2-10H2,1H3. The average Bonchev–Trinajstić information content (AvgIpc) is 2.92. The molecule has 1 N–H and O–H groups in total. The largest absolute Gasteiger partial charge is 0.401 e. The highest BCUT2D eigenvalue weighted by molar-refractivity contribution is 4.85. The summed E-state index contributed by atoms with van der Waals surface area (Å²) in [7, 11) is 0. The third-order valence-corrected chi connectivity index (χ3v) is 4.63. The van der Waals surface area contributed by atoms with E-state index in [9.17, 15) is 13.2 Å². The van der Waals surface area contributed by atoms with Crippen molar-refractivity contribution in [3.05, 3.63) is 0 Å². The van der Waals surface area contributed by atoms with E-state index < -0.39 is 12.7 Å². The molecule has 2 aliphatic rings. The zero-order valence-electron chi connectivity index (χ0n) is 11.7. The zero-order chi connectivity index (χ0) is 13.9. The van der Waals surface area contributed by atoms with Gasteiger partial charge >= 0.3 is 6.18 Å². The lowest BCUT2D eigenvalue weighted by molar-refractivity contribution is -0.143. The van der Waals surface area contributed by atoms with Crippen LogP contribution < -0.4 is 5.32 Å². The molecule has 1 saturated heterocycles. The topological polar surface area (TPSA) is 15.3 Å². The molecule has 2 nitrogen and oxygen atoms in total. The van der Waals surface area contributed by atoms with Crippen molar-refractivity contribution in [3.8, 4) is 0 Å². The van der Waals surface area contributed by atoms with Crippen molar-refractivity contribution in [2.45, 2.75) is 51.2 Å². The van der Waals surface area contributed by atoms with E-state index >= 15 is 0 Å². The Labute approximate surface area is 113 Å². The summed E-state index contributed by atoms with van der Waals surface area (Å²) in [6.07, 6.45) is 1.88. The highest BCUT2D eigenvalue weighted by Crippen LogP contribution is 2.29. The van der Waals surface area contributed by atoms with Gasteiger partial charge < -0.3 is 5.32 Å². The molecule has 2 fully saturated rings. The fourth-order valence-electron chi connectivity index (χ4n) is 3.59. The van der Waals surface area contributed by atoms with Crippen LogP contribution in [0.3, 0.4) is 0 Å². The molecule has 1 aliphatic heterocycles. The number of alkyl halides is 3. The van der Waals surface area contributed by atoms with Crippen LogP contribution in [0, 0.1) is 11.8 Å². The number of likely N-dealkylation sites (tertiary alicyclic amines) is 1. The molecular weight excluding hydrogens is 253 g/mol. The highest BCUT2D eigenvalue weighted by atomic mass is 19.4. The minimum Gasteiger partial charge on any atom is -0.313 e. The first-order valence-corrected chi connectivity index (χ1v) is 7.50. The first-order valence-electron chi connectivity index (χ1n) is 7.50. The Morgan fingerprint density at radius 2 is 2.00 bits per heavy atom. The molecule has 112 valence electrons. The Balaban J connectivity index is 1.68. The number of halogens is 3. The molecule has 3 unspecified atom stereocenters. The molecule has 0 aromatic rings. The van der Waals surface area contributed by atoms with Gasteiger partial charge in [-0.25, -0.2) is 0 Å². The van der Waals surface area contributed by atoms with E-state index in [4.69, 9.17) is 0 Å². The van der Waals surface area contributed by atoms with Gasteiger partial charge in [0.25, 0.3) is 0 Å². The molecule has 1 saturated carbocycles. The average molecular weight is 278 g/mol. The zero-order valence-corrected chi connectivity index (χ0v) is 11.7. The van der Waals surface area contributed by atoms with E-state index in [0.29, 0.717) is 25.0 Å². The van der Waals surface area contributed by atoms with Gasteiger partial charge in [-0.3, -0.25) is 4.90 Å². The molecule has 1 aliphatic carbocycles. The molecule has 0 bridgehead atoms. The van der Waals surface area contributed by atoms with E-state index in [1.807, 2.05) is 0 Å². The van der Waals surface area contributed by atoms with Crippen LogP contribution in [-0.2, 0) is 0 Å². The van der Waals surface area contributed by atoms with E-state index in [1.54, 1.807) is 0 Å². The van der Waals surface area contributed by atoms with Crippen molar-refractivity contribution >= 4 is 0 Å². The number of nitrogens with one attached hydrogen (secondary N) is 1. The highest BCUT2D eigenvalue weighted by Gasteiger charge is 2.34. The van der Waals surface area contributed by atoms with E-state index in [2.05, 4.69) is 12.2 Å². The maximum atomic E-state index is 12.3. The third kappa shape index (κ3) is 4.63. The summed E-state index contributed by atoms with van der Waals surface area (Å²) in [5, 5.41) is 3.60. The Kier molecular flexibility index (Phi) is 5.12. The summed E-state index contributed by atoms with van der Waals surface area (Å²) in [4.78, 5) is 1.54. The summed E-state index contributed by atoms with van der Waals surface area (Å²) >= 11 is 0. The Hall–Kier alpha value is -0.290. The molecule has 0 spiro atoms. The number of nitrogens with zero attached hydrogens (tertiary/aromatic N) is 1. The van der Waals surface area contributed by atoms with Gasteiger partial charge in [0.15, 0.2) is 0 Å². The van der Waals surface area contributed by atoms with Gasteiger partial charge in [0.1, 0.15) is 0 Å². The Bertz CT molecular complexity index is 280. The Morgan fingerprint density at radius 1 is 1.21 bits per heavy atom. The molecule has 0 aromatic heterocycles. The predicted molar refractivity (Wildman–Crippen MR) is 70.0 cm³/mol. The van der Waals surface area contributed by atoms with Gasteiger partial charge in [0, 0.05) is 12.6 Å². The maximum absolute atomic E-state index is 12.3. The van der Waals surface area contributed by atoms with Gasteiger partial charge in [0.05, 0.1) is 6.54 Å². The molecule has 19 heavy (non-hydrogen) atoms. The monoisotopic (exact) mass is 278 g/mol. The van der Waals surface area contributed by atoms with Crippen LogP contribution in [0.2, 0.25) is 0 Å². The van der Waals surface area contributed by atoms with E-state index in [1.165, 1.54) is 30.6 Å². The van der Waals surface area contributed by atoms with Crippen LogP contribution in [0.15, 0.2) is 0 Å². The van der Waals surface area contributed by atoms with Gasteiger partial charge in [0.2, 0.25) is 0 Å². The van der Waals surface area contributed by atoms with Crippen molar-refractivity contribution in [3.63, 3.8) is 0 Å². The Morgan fingerprint density at radius 3 is 2.68 bits per heavy atom. The minimum absolute atomic E-state index is 0.389. The van der Waals surface area contributed by atoms with Crippen LogP contribution in [0.25, 0.3) is 0 Å². The lowest BCUT2D eigenvalue weighted by Crippen LogP contribution is -2.37. The first-order chi connectivity index (χ1) is 8.98. The van der Waals surface area contributed by atoms with Gasteiger partial charge in [-0.1, -0.05) is 19.8 Å². The second kappa shape index (κ2) is 6.44. The molecule has 0 amide bonds. The molecule has 0 radical (unpaired) electrons. The van der Waals surface area contributed by atoms with Gasteiger partial charge in [-0.2, -0.15) is 13.2 Å². The summed E-state index contributed by atoms with van der Waals surface area (Å²) in [6.45, 7) is 3.55. The quantitative estimate of drug-likeness (QED) is 0.831. The van der Waals surface area contributed by atoms with Crippen LogP contribution >= 0.6 is 0 Å². The first kappa shape index (κ1) is 15.1. The predicted octanol–water partition coefficient (Wildman–Crippen LogP) is 3.04. The number of hydrogen-bond acceptors (Lipinski definition) is 2. The van der Waals surface area contributed by atoms with Crippen molar-refractivity contribution in [2.24, 2.45) is 11.8 Å². The molecule has 0 aromatic carbocycles. The van der Waals surface area contributed by atoms with Crippen molar-refractivity contribution in [2.75, 3.05) is 26.2 Å². The SMILES string of the molecule is CCC1CCCC1NCC1CCN(CC(F)(F)F)C1. The molecule has 2 rings (SSSR count). The van der Waals surface area contributed by atoms with Crippen molar-refractivity contribution in [1.29, 1.82) is 0 Å². The second-order valence-electron chi connectivity index (χ2n) is 6.12. The lowest BCUT2D eigenvalue weighted by Gasteiger charge is -2.22. The van der Waals surface area contributed by atoms with E-state index in [-0.39, 0.29) is 0 Å². The smallest absolute Gasteiger partial charge is 0.313 e. The second-order valence-corrected chi connectivity index (χ2v) is 6.12. The van der Waals surface area contributed by atoms with Crippen LogP contribution in [-0.4, -0.2) is 43.3 Å². The normalized spacial score (nSPS) is 33.2. The molecule has 1 heterocycles. The van der Waals surface area contributed by atoms with Gasteiger partial charge in [-0.05, 0) is 44.2 Å².